The molecule has 23 heavy (non-hydrogen) atoms. The van der Waals surface area contributed by atoms with Crippen molar-refractivity contribution in [2.75, 3.05) is 18.9 Å². The summed E-state index contributed by atoms with van der Waals surface area (Å²) in [5.74, 6) is 0.0211. The number of aryl methyl sites for hydroxylation is 1. The number of rotatable bonds is 4. The molecular formula is C19H22ClN2O+. The second kappa shape index (κ2) is 7.16. The highest BCUT2D eigenvalue weighted by molar-refractivity contribution is 6.30. The van der Waals surface area contributed by atoms with Gasteiger partial charge in [0.15, 0.2) is 6.54 Å². The van der Waals surface area contributed by atoms with Gasteiger partial charge in [-0.3, -0.25) is 4.79 Å². The van der Waals surface area contributed by atoms with E-state index in [2.05, 4.69) is 36.6 Å². The van der Waals surface area contributed by atoms with E-state index in [0.29, 0.717) is 17.6 Å². The predicted octanol–water partition coefficient (Wildman–Crippen LogP) is 2.87. The van der Waals surface area contributed by atoms with Crippen molar-refractivity contribution in [3.05, 3.63) is 64.7 Å². The number of carbonyl (C=O) groups excluding carboxylic acids is 1. The highest BCUT2D eigenvalue weighted by atomic mass is 35.5. The fourth-order valence-electron chi connectivity index (χ4n) is 3.41. The molecule has 0 heterocycles. The number of carbonyl (C=O) groups is 1. The maximum absolute atomic E-state index is 12.3. The zero-order valence-corrected chi connectivity index (χ0v) is 14.1. The molecule has 0 saturated carbocycles. The molecule has 120 valence electrons. The van der Waals surface area contributed by atoms with E-state index in [0.717, 1.165) is 18.5 Å². The van der Waals surface area contributed by atoms with Crippen molar-refractivity contribution in [3.63, 3.8) is 0 Å². The van der Waals surface area contributed by atoms with E-state index >= 15 is 0 Å². The number of hydrogen-bond acceptors (Lipinski definition) is 1. The van der Waals surface area contributed by atoms with Crippen LogP contribution in [0.2, 0.25) is 5.02 Å². The molecule has 0 fully saturated rings. The van der Waals surface area contributed by atoms with Crippen LogP contribution in [0.25, 0.3) is 0 Å². The summed E-state index contributed by atoms with van der Waals surface area (Å²) in [6.45, 7) is 0.450. The number of amides is 1. The number of anilines is 1. The third-order valence-electron chi connectivity index (χ3n) is 4.51. The molecule has 0 radical (unpaired) electrons. The quantitative estimate of drug-likeness (QED) is 0.888. The Hall–Kier alpha value is -1.84. The monoisotopic (exact) mass is 329 g/mol. The van der Waals surface area contributed by atoms with Crippen molar-refractivity contribution in [1.82, 2.24) is 0 Å². The van der Waals surface area contributed by atoms with E-state index in [1.807, 2.05) is 12.1 Å². The molecule has 1 aliphatic rings. The van der Waals surface area contributed by atoms with Crippen molar-refractivity contribution in [3.8, 4) is 0 Å². The zero-order chi connectivity index (χ0) is 16.2. The Morgan fingerprint density at radius 1 is 1.26 bits per heavy atom. The number of hydrogen-bond donors (Lipinski definition) is 2. The second-order valence-electron chi connectivity index (χ2n) is 6.23. The highest BCUT2D eigenvalue weighted by Crippen LogP contribution is 2.27. The van der Waals surface area contributed by atoms with Gasteiger partial charge in [0.25, 0.3) is 5.91 Å². The van der Waals surface area contributed by atoms with Gasteiger partial charge in [-0.05, 0) is 36.6 Å². The molecular weight excluding hydrogens is 308 g/mol. The van der Waals surface area contributed by atoms with E-state index in [1.54, 1.807) is 12.1 Å². The van der Waals surface area contributed by atoms with Gasteiger partial charge in [0.2, 0.25) is 0 Å². The molecule has 0 aromatic heterocycles. The molecule has 1 unspecified atom stereocenters. The fourth-order valence-corrected chi connectivity index (χ4v) is 3.60. The summed E-state index contributed by atoms with van der Waals surface area (Å²) >= 11 is 5.96. The fraction of sp³-hybridized carbons (Fsp3) is 0.316. The number of fused-ring (bicyclic) bond motifs is 1. The lowest BCUT2D eigenvalue weighted by Gasteiger charge is -2.30. The van der Waals surface area contributed by atoms with Crippen molar-refractivity contribution >= 4 is 23.2 Å². The minimum Gasteiger partial charge on any atom is -0.323 e. The lowest BCUT2D eigenvalue weighted by atomic mass is 9.87. The van der Waals surface area contributed by atoms with Crippen LogP contribution >= 0.6 is 11.6 Å². The van der Waals surface area contributed by atoms with Crippen LogP contribution in [0.1, 0.15) is 30.0 Å². The summed E-state index contributed by atoms with van der Waals surface area (Å²) in [6, 6.07) is 16.3. The van der Waals surface area contributed by atoms with Gasteiger partial charge >= 0.3 is 0 Å². The van der Waals surface area contributed by atoms with Crippen LogP contribution in [-0.4, -0.2) is 19.5 Å². The third-order valence-corrected chi connectivity index (χ3v) is 4.75. The van der Waals surface area contributed by atoms with Crippen molar-refractivity contribution in [1.29, 1.82) is 0 Å². The van der Waals surface area contributed by atoms with Gasteiger partial charge in [0.1, 0.15) is 6.04 Å². The molecule has 0 saturated heterocycles. The first-order valence-electron chi connectivity index (χ1n) is 8.09. The van der Waals surface area contributed by atoms with Crippen LogP contribution in [0.3, 0.4) is 0 Å². The number of nitrogens with one attached hydrogen (secondary N) is 2. The van der Waals surface area contributed by atoms with E-state index in [9.17, 15) is 4.79 Å². The Morgan fingerprint density at radius 3 is 2.91 bits per heavy atom. The van der Waals surface area contributed by atoms with Gasteiger partial charge in [-0.15, -0.1) is 0 Å². The number of quaternary nitrogens is 1. The number of likely N-dealkylation sites (N-methyl/N-ethyl adjacent to an activating group) is 1. The average molecular weight is 330 g/mol. The summed E-state index contributed by atoms with van der Waals surface area (Å²) < 4.78 is 0. The maximum atomic E-state index is 12.3. The molecule has 2 aromatic carbocycles. The van der Waals surface area contributed by atoms with E-state index < -0.39 is 0 Å². The molecule has 2 aromatic rings. The largest absolute Gasteiger partial charge is 0.323 e. The lowest BCUT2D eigenvalue weighted by molar-refractivity contribution is -0.905. The van der Waals surface area contributed by atoms with Crippen LogP contribution in [0.15, 0.2) is 48.5 Å². The van der Waals surface area contributed by atoms with Gasteiger partial charge in [0.05, 0.1) is 7.05 Å². The highest BCUT2D eigenvalue weighted by Gasteiger charge is 2.27. The van der Waals surface area contributed by atoms with Crippen LogP contribution in [0.4, 0.5) is 5.69 Å². The minimum absolute atomic E-state index is 0.0211. The van der Waals surface area contributed by atoms with Crippen LogP contribution in [0, 0.1) is 0 Å². The number of halogens is 1. The van der Waals surface area contributed by atoms with Crippen molar-refractivity contribution in [2.24, 2.45) is 0 Å². The Bertz CT molecular complexity index is 701. The summed E-state index contributed by atoms with van der Waals surface area (Å²) in [7, 11) is 2.10. The van der Waals surface area contributed by atoms with Gasteiger partial charge in [-0.2, -0.15) is 0 Å². The molecule has 0 aliphatic heterocycles. The molecule has 3 nitrogen and oxygen atoms in total. The van der Waals surface area contributed by atoms with Gasteiger partial charge in [0, 0.05) is 22.7 Å². The van der Waals surface area contributed by atoms with Crippen LogP contribution in [-0.2, 0) is 11.2 Å². The normalized spacial score (nSPS) is 18.1. The Balaban J connectivity index is 1.65. The third kappa shape index (κ3) is 3.92. The summed E-state index contributed by atoms with van der Waals surface area (Å²) in [5.41, 5.74) is 3.57. The Morgan fingerprint density at radius 2 is 2.09 bits per heavy atom. The van der Waals surface area contributed by atoms with Crippen molar-refractivity contribution < 1.29 is 9.69 Å². The molecule has 0 bridgehead atoms. The van der Waals surface area contributed by atoms with Crippen LogP contribution in [0.5, 0.6) is 0 Å². The molecule has 1 aliphatic carbocycles. The smallest absolute Gasteiger partial charge is 0.279 e. The molecule has 2 atom stereocenters. The Labute approximate surface area is 142 Å². The van der Waals surface area contributed by atoms with Gasteiger partial charge in [-0.25, -0.2) is 0 Å². The summed E-state index contributed by atoms with van der Waals surface area (Å²) in [5, 5.41) is 3.56. The standard InChI is InChI=1S/C19H21ClN2O/c1-22(13-19(23)21-16-9-5-8-15(20)12-16)18-11-4-7-14-6-2-3-10-17(14)18/h2-3,5-6,8-10,12,18H,4,7,11,13H2,1H3,(H,21,23)/p+1/t18-/m0/s1. The first-order chi connectivity index (χ1) is 11.1. The first kappa shape index (κ1) is 16.0. The van der Waals surface area contributed by atoms with E-state index in [4.69, 9.17) is 11.6 Å². The second-order valence-corrected chi connectivity index (χ2v) is 6.66. The molecule has 2 N–H and O–H groups in total. The topological polar surface area (TPSA) is 33.5 Å². The SMILES string of the molecule is C[NH+](CC(=O)Nc1cccc(Cl)c1)[C@H]1CCCc2ccccc21. The predicted molar refractivity (Wildman–Crippen MR) is 94.0 cm³/mol. The summed E-state index contributed by atoms with van der Waals surface area (Å²) in [4.78, 5) is 13.5. The molecule has 0 spiro atoms. The molecule has 4 heteroatoms. The lowest BCUT2D eigenvalue weighted by Crippen LogP contribution is -3.10. The molecule has 1 amide bonds. The average Bonchev–Trinajstić information content (AvgIpc) is 2.54. The van der Waals surface area contributed by atoms with Crippen LogP contribution < -0.4 is 10.2 Å². The van der Waals surface area contributed by atoms with Gasteiger partial charge in [-0.1, -0.05) is 41.9 Å². The maximum Gasteiger partial charge on any atom is 0.279 e. The summed E-state index contributed by atoms with van der Waals surface area (Å²) in [6.07, 6.45) is 3.47. The molecule has 3 rings (SSSR count). The zero-order valence-electron chi connectivity index (χ0n) is 13.3. The minimum atomic E-state index is 0.0211. The first-order valence-corrected chi connectivity index (χ1v) is 8.47. The van der Waals surface area contributed by atoms with Crippen molar-refractivity contribution in [2.45, 2.75) is 25.3 Å². The van der Waals surface area contributed by atoms with E-state index in [1.165, 1.54) is 22.4 Å². The van der Waals surface area contributed by atoms with E-state index in [-0.39, 0.29) is 5.91 Å². The van der Waals surface area contributed by atoms with Gasteiger partial charge < -0.3 is 10.2 Å². The Kier molecular flexibility index (Phi) is 4.99. The number of benzene rings is 2.